The lowest BCUT2D eigenvalue weighted by Gasteiger charge is -2.06. The molecule has 0 aliphatic heterocycles. The first-order chi connectivity index (χ1) is 6.25. The number of benzene rings is 1. The molecule has 0 heterocycles. The minimum absolute atomic E-state index is 0.907. The molecule has 1 rings (SSSR count). The summed E-state index contributed by atoms with van der Waals surface area (Å²) >= 11 is 6.09. The van der Waals surface area contributed by atoms with Crippen LogP contribution >= 0.6 is 11.6 Å². The lowest BCUT2D eigenvalue weighted by Crippen LogP contribution is -1.91. The van der Waals surface area contributed by atoms with Crippen LogP contribution in [0.15, 0.2) is 18.2 Å². The van der Waals surface area contributed by atoms with Gasteiger partial charge < -0.3 is 0 Å². The van der Waals surface area contributed by atoms with Crippen molar-refractivity contribution in [2.45, 2.75) is 33.1 Å². The van der Waals surface area contributed by atoms with E-state index in [-0.39, 0.29) is 0 Å². The van der Waals surface area contributed by atoms with Crippen molar-refractivity contribution in [1.82, 2.24) is 0 Å². The monoisotopic (exact) mass is 195 g/mol. The maximum atomic E-state index is 6.09. The number of hydrogen-bond acceptors (Lipinski definition) is 0. The third-order valence-corrected chi connectivity index (χ3v) is 2.59. The Hall–Kier alpha value is -0.490. The number of rotatable bonds is 4. The van der Waals surface area contributed by atoms with Crippen LogP contribution < -0.4 is 0 Å². The summed E-state index contributed by atoms with van der Waals surface area (Å²) in [5, 5.41) is 0.907. The largest absolute Gasteiger partial charge is 0.0840 e. The molecule has 0 atom stereocenters. The van der Waals surface area contributed by atoms with Crippen LogP contribution in [-0.4, -0.2) is 0 Å². The van der Waals surface area contributed by atoms with Crippen LogP contribution in [0.4, 0.5) is 0 Å². The molecule has 0 aromatic heterocycles. The molecule has 13 heavy (non-hydrogen) atoms. The lowest BCUT2D eigenvalue weighted by molar-refractivity contribution is 0.873. The maximum Gasteiger partial charge on any atom is 0.0440 e. The van der Waals surface area contributed by atoms with Gasteiger partial charge in [0, 0.05) is 5.02 Å². The van der Waals surface area contributed by atoms with Crippen LogP contribution in [0.1, 0.15) is 30.9 Å². The SMILES string of the molecule is CC[CH]CCc1c(C)cccc1Cl. The van der Waals surface area contributed by atoms with E-state index in [0.29, 0.717) is 0 Å². The first-order valence-electron chi connectivity index (χ1n) is 4.81. The predicted molar refractivity (Wildman–Crippen MR) is 59.1 cm³/mol. The summed E-state index contributed by atoms with van der Waals surface area (Å²) in [4.78, 5) is 0. The normalized spacial score (nSPS) is 10.4. The van der Waals surface area contributed by atoms with Crippen molar-refractivity contribution >= 4 is 11.6 Å². The van der Waals surface area contributed by atoms with Gasteiger partial charge in [-0.3, -0.25) is 0 Å². The summed E-state index contributed by atoms with van der Waals surface area (Å²) in [7, 11) is 0. The van der Waals surface area contributed by atoms with Crippen LogP contribution in [0.3, 0.4) is 0 Å². The van der Waals surface area contributed by atoms with E-state index in [1.54, 1.807) is 0 Å². The van der Waals surface area contributed by atoms with E-state index in [1.807, 2.05) is 12.1 Å². The average molecular weight is 196 g/mol. The second kappa shape index (κ2) is 5.29. The molecule has 0 nitrogen and oxygen atoms in total. The van der Waals surface area contributed by atoms with E-state index in [2.05, 4.69) is 26.3 Å². The van der Waals surface area contributed by atoms with Crippen molar-refractivity contribution < 1.29 is 0 Å². The topological polar surface area (TPSA) is 0 Å². The van der Waals surface area contributed by atoms with Gasteiger partial charge in [0.25, 0.3) is 0 Å². The van der Waals surface area contributed by atoms with Gasteiger partial charge in [0.2, 0.25) is 0 Å². The molecule has 1 radical (unpaired) electrons. The zero-order valence-corrected chi connectivity index (χ0v) is 9.06. The van der Waals surface area contributed by atoms with Gasteiger partial charge in [-0.15, -0.1) is 0 Å². The molecule has 1 aromatic rings. The highest BCUT2D eigenvalue weighted by Gasteiger charge is 2.02. The lowest BCUT2D eigenvalue weighted by atomic mass is 10.0. The van der Waals surface area contributed by atoms with Gasteiger partial charge in [-0.25, -0.2) is 0 Å². The van der Waals surface area contributed by atoms with E-state index in [0.717, 1.165) is 24.3 Å². The summed E-state index contributed by atoms with van der Waals surface area (Å²) < 4.78 is 0. The van der Waals surface area contributed by atoms with Crippen molar-refractivity contribution in [2.24, 2.45) is 0 Å². The van der Waals surface area contributed by atoms with Gasteiger partial charge in [-0.05, 0) is 43.4 Å². The first-order valence-corrected chi connectivity index (χ1v) is 5.19. The second-order valence-corrected chi connectivity index (χ2v) is 3.68. The molecule has 0 saturated carbocycles. The van der Waals surface area contributed by atoms with Crippen LogP contribution in [0.5, 0.6) is 0 Å². The van der Waals surface area contributed by atoms with Crippen molar-refractivity contribution in [3.05, 3.63) is 40.8 Å². The van der Waals surface area contributed by atoms with Gasteiger partial charge >= 0.3 is 0 Å². The molecule has 0 aliphatic rings. The van der Waals surface area contributed by atoms with Gasteiger partial charge in [0.05, 0.1) is 0 Å². The zero-order chi connectivity index (χ0) is 9.68. The molecule has 0 saturated heterocycles. The molecule has 0 N–H and O–H groups in total. The molecule has 0 amide bonds. The Kier molecular flexibility index (Phi) is 4.31. The third-order valence-electron chi connectivity index (χ3n) is 2.24. The van der Waals surface area contributed by atoms with E-state index in [9.17, 15) is 0 Å². The fraction of sp³-hybridized carbons (Fsp3) is 0.417. The Morgan fingerprint density at radius 1 is 1.38 bits per heavy atom. The molecule has 0 bridgehead atoms. The zero-order valence-electron chi connectivity index (χ0n) is 8.31. The van der Waals surface area contributed by atoms with Gasteiger partial charge in [-0.2, -0.15) is 0 Å². The first kappa shape index (κ1) is 10.6. The Balaban J connectivity index is 2.64. The summed E-state index contributed by atoms with van der Waals surface area (Å²) in [5.74, 6) is 0. The predicted octanol–water partition coefficient (Wildman–Crippen LogP) is 4.20. The number of unbranched alkanes of at least 4 members (excludes halogenated alkanes) is 2. The fourth-order valence-corrected chi connectivity index (χ4v) is 1.75. The van der Waals surface area contributed by atoms with Gasteiger partial charge in [0.15, 0.2) is 0 Å². The maximum absolute atomic E-state index is 6.09. The Labute approximate surface area is 85.9 Å². The fourth-order valence-electron chi connectivity index (χ4n) is 1.43. The highest BCUT2D eigenvalue weighted by molar-refractivity contribution is 6.31. The molecule has 0 spiro atoms. The van der Waals surface area contributed by atoms with E-state index >= 15 is 0 Å². The third kappa shape index (κ3) is 3.04. The molecule has 0 unspecified atom stereocenters. The van der Waals surface area contributed by atoms with Crippen LogP contribution in [0.2, 0.25) is 5.02 Å². The Morgan fingerprint density at radius 2 is 2.15 bits per heavy atom. The summed E-state index contributed by atoms with van der Waals surface area (Å²) in [6.45, 7) is 4.28. The number of aryl methyl sites for hydroxylation is 1. The van der Waals surface area contributed by atoms with Crippen molar-refractivity contribution in [3.8, 4) is 0 Å². The Bertz CT molecular complexity index is 246. The molecular formula is C12H16Cl. The molecule has 0 fully saturated rings. The summed E-state index contributed by atoms with van der Waals surface area (Å²) in [6.07, 6.45) is 5.63. The molecule has 71 valence electrons. The summed E-state index contributed by atoms with van der Waals surface area (Å²) in [6, 6.07) is 6.09. The highest BCUT2D eigenvalue weighted by atomic mass is 35.5. The smallest absolute Gasteiger partial charge is 0.0440 e. The highest BCUT2D eigenvalue weighted by Crippen LogP contribution is 2.21. The summed E-state index contributed by atoms with van der Waals surface area (Å²) in [5.41, 5.74) is 2.60. The van der Waals surface area contributed by atoms with Gasteiger partial charge in [0.1, 0.15) is 0 Å². The van der Waals surface area contributed by atoms with Crippen molar-refractivity contribution in [3.63, 3.8) is 0 Å². The molecule has 1 heteroatoms. The quantitative estimate of drug-likeness (QED) is 0.632. The van der Waals surface area contributed by atoms with Gasteiger partial charge in [-0.1, -0.05) is 37.1 Å². The number of halogens is 1. The van der Waals surface area contributed by atoms with E-state index in [4.69, 9.17) is 11.6 Å². The van der Waals surface area contributed by atoms with Crippen LogP contribution in [0, 0.1) is 13.3 Å². The molecule has 1 aromatic carbocycles. The number of hydrogen-bond donors (Lipinski definition) is 0. The van der Waals surface area contributed by atoms with Crippen LogP contribution in [-0.2, 0) is 6.42 Å². The second-order valence-electron chi connectivity index (χ2n) is 3.27. The molecule has 0 aliphatic carbocycles. The standard InChI is InChI=1S/C12H16Cl/c1-3-4-5-8-11-10(2)7-6-9-12(11)13/h4,6-7,9H,3,5,8H2,1-2H3. The molecular weight excluding hydrogens is 180 g/mol. The minimum Gasteiger partial charge on any atom is -0.0840 e. The Morgan fingerprint density at radius 3 is 2.77 bits per heavy atom. The van der Waals surface area contributed by atoms with Crippen LogP contribution in [0.25, 0.3) is 0 Å². The van der Waals surface area contributed by atoms with Crippen molar-refractivity contribution in [1.29, 1.82) is 0 Å². The average Bonchev–Trinajstić information content (AvgIpc) is 2.10. The van der Waals surface area contributed by atoms with E-state index < -0.39 is 0 Å². The van der Waals surface area contributed by atoms with Crippen molar-refractivity contribution in [2.75, 3.05) is 0 Å². The minimum atomic E-state index is 0.907. The van der Waals surface area contributed by atoms with E-state index in [1.165, 1.54) is 11.1 Å².